The van der Waals surface area contributed by atoms with Gasteiger partial charge in [-0.05, 0) is 36.5 Å². The van der Waals surface area contributed by atoms with Gasteiger partial charge in [0, 0.05) is 17.2 Å². The number of nitro groups is 1. The molecule has 0 aliphatic rings. The Morgan fingerprint density at radius 1 is 1.10 bits per heavy atom. The number of ether oxygens (including phenoxy) is 1. The van der Waals surface area contributed by atoms with Crippen molar-refractivity contribution < 1.29 is 9.66 Å². The molecule has 0 unspecified atom stereocenters. The van der Waals surface area contributed by atoms with Crippen molar-refractivity contribution in [3.8, 4) is 22.9 Å². The highest BCUT2D eigenvalue weighted by atomic mass is 35.5. The van der Waals surface area contributed by atoms with Gasteiger partial charge in [-0.1, -0.05) is 54.1 Å². The Bertz CT molecular complexity index is 1330. The lowest BCUT2D eigenvalue weighted by molar-refractivity contribution is -0.385. The summed E-state index contributed by atoms with van der Waals surface area (Å²) >= 11 is 11.3. The molecular weight excluding hydrogens is 438 g/mol. The highest BCUT2D eigenvalue weighted by molar-refractivity contribution is 7.71. The molecule has 1 heterocycles. The molecule has 0 bridgehead atoms. The lowest BCUT2D eigenvalue weighted by atomic mass is 10.2. The van der Waals surface area contributed by atoms with E-state index < -0.39 is 4.92 Å². The molecule has 8 nitrogen and oxygen atoms in total. The number of halogens is 1. The van der Waals surface area contributed by atoms with E-state index in [1.165, 1.54) is 23.0 Å². The number of hydrogen-bond acceptors (Lipinski definition) is 6. The molecule has 0 amide bonds. The summed E-state index contributed by atoms with van der Waals surface area (Å²) in [5.74, 6) is 0.918. The van der Waals surface area contributed by atoms with Crippen LogP contribution in [0.1, 0.15) is 5.56 Å². The van der Waals surface area contributed by atoms with Crippen LogP contribution in [0.5, 0.6) is 11.5 Å². The van der Waals surface area contributed by atoms with E-state index in [1.807, 2.05) is 30.3 Å². The number of aromatic nitrogens is 3. The number of hydrogen-bond donors (Lipinski definition) is 1. The second-order valence-electron chi connectivity index (χ2n) is 6.29. The van der Waals surface area contributed by atoms with Crippen LogP contribution in [0.25, 0.3) is 11.4 Å². The van der Waals surface area contributed by atoms with E-state index in [4.69, 9.17) is 28.6 Å². The van der Waals surface area contributed by atoms with Crippen LogP contribution in [0.4, 0.5) is 5.69 Å². The molecule has 154 valence electrons. The third-order valence-electron chi connectivity index (χ3n) is 4.24. The van der Waals surface area contributed by atoms with Crippen LogP contribution in [-0.4, -0.2) is 26.0 Å². The van der Waals surface area contributed by atoms with Crippen molar-refractivity contribution in [3.63, 3.8) is 0 Å². The molecule has 31 heavy (non-hydrogen) atoms. The Hall–Kier alpha value is -3.82. The summed E-state index contributed by atoms with van der Waals surface area (Å²) in [5, 5.41) is 23.2. The van der Waals surface area contributed by atoms with Crippen LogP contribution in [0.15, 0.2) is 77.9 Å². The molecule has 4 rings (SSSR count). The number of rotatable bonds is 6. The van der Waals surface area contributed by atoms with E-state index in [-0.39, 0.29) is 11.4 Å². The molecule has 0 spiro atoms. The summed E-state index contributed by atoms with van der Waals surface area (Å²) in [5.41, 5.74) is 1.09. The maximum absolute atomic E-state index is 11.6. The highest BCUT2D eigenvalue weighted by Gasteiger charge is 2.17. The van der Waals surface area contributed by atoms with Crippen molar-refractivity contribution in [2.45, 2.75) is 0 Å². The topological polar surface area (TPSA) is 98.3 Å². The molecule has 0 fully saturated rings. The zero-order valence-corrected chi connectivity index (χ0v) is 17.4. The lowest BCUT2D eigenvalue weighted by Gasteiger charge is -2.08. The van der Waals surface area contributed by atoms with Crippen LogP contribution >= 0.6 is 23.8 Å². The number of nitrogens with one attached hydrogen (secondary N) is 1. The maximum Gasteiger partial charge on any atom is 0.312 e. The Morgan fingerprint density at radius 2 is 1.84 bits per heavy atom. The summed E-state index contributed by atoms with van der Waals surface area (Å²) in [6.07, 6.45) is 1.46. The smallest absolute Gasteiger partial charge is 0.312 e. The molecule has 10 heteroatoms. The van der Waals surface area contributed by atoms with Gasteiger partial charge in [-0.25, -0.2) is 5.10 Å². The van der Waals surface area contributed by atoms with Crippen molar-refractivity contribution in [1.29, 1.82) is 0 Å². The van der Waals surface area contributed by atoms with Crippen LogP contribution in [-0.2, 0) is 0 Å². The molecule has 1 N–H and O–H groups in total. The van der Waals surface area contributed by atoms with Gasteiger partial charge in [0.1, 0.15) is 5.75 Å². The molecule has 0 atom stereocenters. The second-order valence-corrected chi connectivity index (χ2v) is 7.09. The van der Waals surface area contributed by atoms with E-state index >= 15 is 0 Å². The summed E-state index contributed by atoms with van der Waals surface area (Å²) in [7, 11) is 0. The molecule has 1 aromatic heterocycles. The van der Waals surface area contributed by atoms with Gasteiger partial charge in [0.25, 0.3) is 0 Å². The number of nitrogens with zero attached hydrogens (tertiary/aromatic N) is 4. The summed E-state index contributed by atoms with van der Waals surface area (Å²) < 4.78 is 7.39. The van der Waals surface area contributed by atoms with Crippen LogP contribution in [0.2, 0.25) is 5.02 Å². The van der Waals surface area contributed by atoms with Gasteiger partial charge in [0.15, 0.2) is 5.82 Å². The van der Waals surface area contributed by atoms with Crippen LogP contribution in [0, 0.1) is 14.9 Å². The molecule has 3 aromatic carbocycles. The molecule has 0 aliphatic carbocycles. The Labute approximate surface area is 186 Å². The number of H-pyrrole nitrogens is 1. The van der Waals surface area contributed by atoms with Crippen LogP contribution < -0.4 is 4.74 Å². The minimum Gasteiger partial charge on any atom is -0.449 e. The summed E-state index contributed by atoms with van der Waals surface area (Å²) in [6.45, 7) is 0. The van der Waals surface area contributed by atoms with E-state index in [2.05, 4.69) is 15.3 Å². The monoisotopic (exact) mass is 451 g/mol. The van der Waals surface area contributed by atoms with Crippen molar-refractivity contribution in [2.75, 3.05) is 0 Å². The van der Waals surface area contributed by atoms with Gasteiger partial charge in [0.05, 0.1) is 16.2 Å². The SMILES string of the molecule is O=[N+]([O-])c1cc(/C=N/n2c(-c3ccccc3)n[nH]c2=S)ccc1Oc1ccccc1Cl. The number of para-hydroxylation sites is 1. The maximum atomic E-state index is 11.6. The molecule has 0 saturated heterocycles. The molecule has 0 radical (unpaired) electrons. The van der Waals surface area contributed by atoms with Gasteiger partial charge in [-0.3, -0.25) is 10.1 Å². The largest absolute Gasteiger partial charge is 0.449 e. The lowest BCUT2D eigenvalue weighted by Crippen LogP contribution is -1.97. The third-order valence-corrected chi connectivity index (χ3v) is 4.82. The molecule has 0 aliphatic heterocycles. The first-order chi connectivity index (χ1) is 15.0. The minimum absolute atomic E-state index is 0.0696. The van der Waals surface area contributed by atoms with E-state index in [9.17, 15) is 10.1 Å². The van der Waals surface area contributed by atoms with Gasteiger partial charge >= 0.3 is 5.69 Å². The fourth-order valence-electron chi connectivity index (χ4n) is 2.79. The van der Waals surface area contributed by atoms with E-state index in [0.717, 1.165) is 5.56 Å². The number of nitro benzene ring substituents is 1. The summed E-state index contributed by atoms with van der Waals surface area (Å²) in [4.78, 5) is 11.1. The second kappa shape index (κ2) is 8.90. The Kier molecular flexibility index (Phi) is 5.87. The quantitative estimate of drug-likeness (QED) is 0.172. The van der Waals surface area contributed by atoms with Gasteiger partial charge in [-0.15, -0.1) is 0 Å². The Morgan fingerprint density at radius 3 is 2.58 bits per heavy atom. The Balaban J connectivity index is 1.66. The first kappa shape index (κ1) is 20.5. The first-order valence-electron chi connectivity index (χ1n) is 9.01. The van der Waals surface area contributed by atoms with E-state index in [1.54, 1.807) is 30.3 Å². The number of benzene rings is 3. The van der Waals surface area contributed by atoms with Gasteiger partial charge in [-0.2, -0.15) is 14.9 Å². The number of aromatic amines is 1. The predicted octanol–water partition coefficient (Wildman–Crippen LogP) is 5.84. The van der Waals surface area contributed by atoms with Crippen molar-refractivity contribution in [2.24, 2.45) is 5.10 Å². The normalized spacial score (nSPS) is 11.0. The first-order valence-corrected chi connectivity index (χ1v) is 9.79. The molecule has 0 saturated carbocycles. The van der Waals surface area contributed by atoms with Gasteiger partial charge < -0.3 is 4.74 Å². The third kappa shape index (κ3) is 4.52. The van der Waals surface area contributed by atoms with E-state index in [0.29, 0.717) is 26.9 Å². The average molecular weight is 452 g/mol. The fraction of sp³-hybridized carbons (Fsp3) is 0. The standard InChI is InChI=1S/C21H14ClN5O3S/c22-16-8-4-5-9-18(16)30-19-11-10-14(12-17(19)27(28)29)13-23-26-20(24-25-21(26)31)15-6-2-1-3-7-15/h1-13H,(H,25,31)/b23-13+. The fourth-order valence-corrected chi connectivity index (χ4v) is 3.14. The predicted molar refractivity (Wildman–Crippen MR) is 120 cm³/mol. The highest BCUT2D eigenvalue weighted by Crippen LogP contribution is 2.35. The zero-order chi connectivity index (χ0) is 21.8. The molecular formula is C21H14ClN5O3S. The summed E-state index contributed by atoms with van der Waals surface area (Å²) in [6, 6.07) is 20.7. The minimum atomic E-state index is -0.525. The van der Waals surface area contributed by atoms with Crippen LogP contribution in [0.3, 0.4) is 0 Å². The van der Waals surface area contributed by atoms with Gasteiger partial charge in [0.2, 0.25) is 10.5 Å². The van der Waals surface area contributed by atoms with Crippen molar-refractivity contribution >= 4 is 35.7 Å². The average Bonchev–Trinajstić information content (AvgIpc) is 3.15. The van der Waals surface area contributed by atoms with Crippen molar-refractivity contribution in [1.82, 2.24) is 14.9 Å². The van der Waals surface area contributed by atoms with Crippen molar-refractivity contribution in [3.05, 3.63) is 98.3 Å². The molecule has 4 aromatic rings. The zero-order valence-electron chi connectivity index (χ0n) is 15.8.